The van der Waals surface area contributed by atoms with Gasteiger partial charge in [0.05, 0.1) is 6.61 Å². The molecule has 0 atom stereocenters. The molecule has 3 nitrogen and oxygen atoms in total. The molecule has 2 N–H and O–H groups in total. The molecule has 0 fully saturated rings. The SMILES string of the molecule is CC(C)(C)[Si](OCc1ccnc(N)c1)(c1ccccc1)c1ccccc1. The van der Waals surface area contributed by atoms with Gasteiger partial charge in [-0.1, -0.05) is 81.4 Å². The number of benzene rings is 2. The van der Waals surface area contributed by atoms with Crippen LogP contribution in [0.3, 0.4) is 0 Å². The highest BCUT2D eigenvalue weighted by Gasteiger charge is 2.50. The molecule has 4 heteroatoms. The Labute approximate surface area is 157 Å². The van der Waals surface area contributed by atoms with Crippen molar-refractivity contribution in [3.63, 3.8) is 0 Å². The smallest absolute Gasteiger partial charge is 0.261 e. The summed E-state index contributed by atoms with van der Waals surface area (Å²) in [7, 11) is -2.51. The Kier molecular flexibility index (Phi) is 5.25. The van der Waals surface area contributed by atoms with Gasteiger partial charge in [-0.25, -0.2) is 4.98 Å². The minimum absolute atomic E-state index is 0.0335. The van der Waals surface area contributed by atoms with Gasteiger partial charge in [0.1, 0.15) is 5.82 Å². The van der Waals surface area contributed by atoms with E-state index in [0.29, 0.717) is 12.4 Å². The van der Waals surface area contributed by atoms with Crippen LogP contribution in [0.2, 0.25) is 5.04 Å². The van der Waals surface area contributed by atoms with Crippen LogP contribution in [0.15, 0.2) is 79.0 Å². The third-order valence-corrected chi connectivity index (χ3v) is 9.70. The van der Waals surface area contributed by atoms with Gasteiger partial charge in [-0.05, 0) is 33.1 Å². The van der Waals surface area contributed by atoms with E-state index in [1.54, 1.807) is 6.20 Å². The van der Waals surface area contributed by atoms with Crippen LogP contribution in [0.5, 0.6) is 0 Å². The lowest BCUT2D eigenvalue weighted by atomic mass is 10.2. The summed E-state index contributed by atoms with van der Waals surface area (Å²) in [5.74, 6) is 0.522. The maximum Gasteiger partial charge on any atom is 0.261 e. The highest BCUT2D eigenvalue weighted by atomic mass is 28.4. The molecule has 3 rings (SSSR count). The number of anilines is 1. The van der Waals surface area contributed by atoms with E-state index in [0.717, 1.165) is 5.56 Å². The molecule has 0 unspecified atom stereocenters. The number of nitrogen functional groups attached to an aromatic ring is 1. The number of pyridine rings is 1. The van der Waals surface area contributed by atoms with Crippen molar-refractivity contribution in [2.24, 2.45) is 0 Å². The van der Waals surface area contributed by atoms with Crippen molar-refractivity contribution in [2.75, 3.05) is 5.73 Å². The van der Waals surface area contributed by atoms with E-state index < -0.39 is 8.32 Å². The molecule has 1 aromatic heterocycles. The first-order chi connectivity index (χ1) is 12.4. The van der Waals surface area contributed by atoms with Crippen LogP contribution in [-0.4, -0.2) is 13.3 Å². The van der Waals surface area contributed by atoms with Gasteiger partial charge in [0.2, 0.25) is 0 Å². The van der Waals surface area contributed by atoms with Crippen LogP contribution in [0.4, 0.5) is 5.82 Å². The summed E-state index contributed by atoms with van der Waals surface area (Å²) in [6.07, 6.45) is 1.74. The molecule has 0 saturated heterocycles. The van der Waals surface area contributed by atoms with E-state index in [-0.39, 0.29) is 5.04 Å². The van der Waals surface area contributed by atoms with E-state index in [1.165, 1.54) is 10.4 Å². The van der Waals surface area contributed by atoms with Gasteiger partial charge in [0, 0.05) is 6.20 Å². The van der Waals surface area contributed by atoms with Crippen LogP contribution < -0.4 is 16.1 Å². The van der Waals surface area contributed by atoms with Crippen LogP contribution in [0.25, 0.3) is 0 Å². The molecular formula is C22H26N2OSi. The lowest BCUT2D eigenvalue weighted by Gasteiger charge is -2.43. The molecule has 0 aliphatic rings. The van der Waals surface area contributed by atoms with Crippen molar-refractivity contribution in [1.29, 1.82) is 0 Å². The summed E-state index contributed by atoms with van der Waals surface area (Å²) in [4.78, 5) is 4.08. The Bertz CT molecular complexity index is 805. The first-order valence-electron chi connectivity index (χ1n) is 8.89. The Balaban J connectivity index is 2.11. The minimum atomic E-state index is -2.51. The zero-order valence-electron chi connectivity index (χ0n) is 15.6. The van der Waals surface area contributed by atoms with Crippen LogP contribution in [0, 0.1) is 0 Å². The molecule has 26 heavy (non-hydrogen) atoms. The first kappa shape index (κ1) is 18.4. The summed E-state index contributed by atoms with van der Waals surface area (Å²) < 4.78 is 6.86. The Hall–Kier alpha value is -2.43. The van der Waals surface area contributed by atoms with Crippen LogP contribution >= 0.6 is 0 Å². The number of nitrogens with two attached hydrogens (primary N) is 1. The second-order valence-electron chi connectivity index (χ2n) is 7.54. The molecule has 3 aromatic rings. The molecule has 0 bridgehead atoms. The lowest BCUT2D eigenvalue weighted by Crippen LogP contribution is -2.66. The third kappa shape index (κ3) is 3.57. The van der Waals surface area contributed by atoms with Gasteiger partial charge < -0.3 is 10.2 Å². The molecule has 134 valence electrons. The molecular weight excluding hydrogens is 336 g/mol. The molecule has 1 heterocycles. The summed E-state index contributed by atoms with van der Waals surface area (Å²) in [6.45, 7) is 7.35. The molecule has 0 aliphatic carbocycles. The number of aromatic nitrogens is 1. The number of rotatable bonds is 5. The average Bonchev–Trinajstić information content (AvgIpc) is 2.63. The largest absolute Gasteiger partial charge is 0.403 e. The molecule has 0 aliphatic heterocycles. The predicted octanol–water partition coefficient (Wildman–Crippen LogP) is 3.74. The fraction of sp³-hybridized carbons (Fsp3) is 0.227. The highest BCUT2D eigenvalue weighted by molar-refractivity contribution is 6.99. The van der Waals surface area contributed by atoms with E-state index >= 15 is 0 Å². The second-order valence-corrected chi connectivity index (χ2v) is 11.8. The van der Waals surface area contributed by atoms with Gasteiger partial charge in [-0.2, -0.15) is 0 Å². The minimum Gasteiger partial charge on any atom is -0.403 e. The second kappa shape index (κ2) is 7.44. The van der Waals surface area contributed by atoms with Gasteiger partial charge in [-0.3, -0.25) is 0 Å². The zero-order chi connectivity index (χ0) is 18.6. The zero-order valence-corrected chi connectivity index (χ0v) is 16.6. The van der Waals surface area contributed by atoms with Crippen molar-refractivity contribution in [1.82, 2.24) is 4.98 Å². The Morgan fingerprint density at radius 2 is 1.42 bits per heavy atom. The van der Waals surface area contributed by atoms with Gasteiger partial charge in [0.15, 0.2) is 0 Å². The van der Waals surface area contributed by atoms with E-state index in [1.807, 2.05) is 12.1 Å². The first-order valence-corrected chi connectivity index (χ1v) is 10.8. The van der Waals surface area contributed by atoms with Crippen molar-refractivity contribution >= 4 is 24.5 Å². The lowest BCUT2D eigenvalue weighted by molar-refractivity contribution is 0.286. The van der Waals surface area contributed by atoms with Crippen molar-refractivity contribution in [3.8, 4) is 0 Å². The van der Waals surface area contributed by atoms with Crippen LogP contribution in [0.1, 0.15) is 26.3 Å². The molecule has 2 aromatic carbocycles. The van der Waals surface area contributed by atoms with E-state index in [2.05, 4.69) is 86.4 Å². The summed E-state index contributed by atoms with van der Waals surface area (Å²) >= 11 is 0. The number of hydrogen-bond donors (Lipinski definition) is 1. The van der Waals surface area contributed by atoms with Gasteiger partial charge >= 0.3 is 0 Å². The Morgan fingerprint density at radius 1 is 0.885 bits per heavy atom. The standard InChI is InChI=1S/C22H26N2OSi/c1-22(2,3)26(19-10-6-4-7-11-19,20-12-8-5-9-13-20)25-17-18-14-15-24-21(23)16-18/h4-16H,17H2,1-3H3,(H2,23,24). The summed E-state index contributed by atoms with van der Waals surface area (Å²) in [5, 5.41) is 2.52. The van der Waals surface area contributed by atoms with Gasteiger partial charge in [-0.15, -0.1) is 0 Å². The van der Waals surface area contributed by atoms with E-state index in [9.17, 15) is 0 Å². The fourth-order valence-electron chi connectivity index (χ4n) is 3.54. The maximum atomic E-state index is 6.86. The molecule has 0 spiro atoms. The van der Waals surface area contributed by atoms with Crippen molar-refractivity contribution in [3.05, 3.63) is 84.6 Å². The third-order valence-electron chi connectivity index (χ3n) is 4.72. The summed E-state index contributed by atoms with van der Waals surface area (Å²) in [6, 6.07) is 25.2. The predicted molar refractivity (Wildman–Crippen MR) is 111 cm³/mol. The van der Waals surface area contributed by atoms with Crippen LogP contribution in [-0.2, 0) is 11.0 Å². The topological polar surface area (TPSA) is 48.1 Å². The summed E-state index contributed by atoms with van der Waals surface area (Å²) in [5.41, 5.74) is 6.90. The molecule has 0 amide bonds. The molecule has 0 radical (unpaired) electrons. The average molecular weight is 363 g/mol. The number of nitrogens with zero attached hydrogens (tertiary/aromatic N) is 1. The van der Waals surface area contributed by atoms with E-state index in [4.69, 9.17) is 10.2 Å². The van der Waals surface area contributed by atoms with Crippen molar-refractivity contribution in [2.45, 2.75) is 32.4 Å². The van der Waals surface area contributed by atoms with Gasteiger partial charge in [0.25, 0.3) is 8.32 Å². The highest BCUT2D eigenvalue weighted by Crippen LogP contribution is 2.37. The quantitative estimate of drug-likeness (QED) is 0.703. The Morgan fingerprint density at radius 3 is 1.88 bits per heavy atom. The van der Waals surface area contributed by atoms with Crippen molar-refractivity contribution < 1.29 is 4.43 Å². The fourth-order valence-corrected chi connectivity index (χ4v) is 8.08. The number of hydrogen-bond acceptors (Lipinski definition) is 3. The monoisotopic (exact) mass is 362 g/mol. The maximum absolute atomic E-state index is 6.86. The normalized spacial score (nSPS) is 12.1. The molecule has 0 saturated carbocycles.